The molecule has 1 aliphatic carbocycles. The minimum Gasteiger partial charge on any atom is -0.480 e. The number of carbonyl (C=O) groups excluding carboxylic acids is 2. The molecule has 0 radical (unpaired) electrons. The molecule has 188 valence electrons. The molecular formula is C27H34N2O6. The molecule has 1 aliphatic rings. The summed E-state index contributed by atoms with van der Waals surface area (Å²) in [5, 5.41) is 14.7. The van der Waals surface area contributed by atoms with E-state index < -0.39 is 30.1 Å². The Hall–Kier alpha value is -3.39. The van der Waals surface area contributed by atoms with E-state index in [2.05, 4.69) is 34.9 Å². The third kappa shape index (κ3) is 7.05. The predicted molar refractivity (Wildman–Crippen MR) is 132 cm³/mol. The molecule has 0 aromatic heterocycles. The Labute approximate surface area is 206 Å². The summed E-state index contributed by atoms with van der Waals surface area (Å²) in [7, 11) is 1.54. The van der Waals surface area contributed by atoms with Gasteiger partial charge in [0.2, 0.25) is 5.91 Å². The molecule has 35 heavy (non-hydrogen) atoms. The maximum absolute atomic E-state index is 12.6. The fourth-order valence-electron chi connectivity index (χ4n) is 4.55. The molecule has 0 bridgehead atoms. The van der Waals surface area contributed by atoms with Crippen molar-refractivity contribution in [1.29, 1.82) is 0 Å². The van der Waals surface area contributed by atoms with Gasteiger partial charge in [-0.25, -0.2) is 9.59 Å². The molecule has 0 heterocycles. The van der Waals surface area contributed by atoms with Gasteiger partial charge in [0.25, 0.3) is 0 Å². The molecule has 0 saturated carbocycles. The molecule has 0 fully saturated rings. The largest absolute Gasteiger partial charge is 0.480 e. The van der Waals surface area contributed by atoms with E-state index in [1.165, 1.54) is 0 Å². The van der Waals surface area contributed by atoms with Crippen LogP contribution in [0.15, 0.2) is 48.5 Å². The molecule has 2 aromatic carbocycles. The molecule has 3 rings (SSSR count). The van der Waals surface area contributed by atoms with Crippen molar-refractivity contribution in [3.05, 3.63) is 59.7 Å². The first-order valence-electron chi connectivity index (χ1n) is 12.1. The van der Waals surface area contributed by atoms with Gasteiger partial charge in [-0.15, -0.1) is 0 Å². The number of ether oxygens (including phenoxy) is 2. The number of carboxylic acids is 1. The van der Waals surface area contributed by atoms with Crippen LogP contribution in [0.4, 0.5) is 4.79 Å². The lowest BCUT2D eigenvalue weighted by Crippen LogP contribution is -2.45. The van der Waals surface area contributed by atoms with E-state index in [0.29, 0.717) is 19.4 Å². The zero-order valence-electron chi connectivity index (χ0n) is 20.3. The van der Waals surface area contributed by atoms with Crippen LogP contribution in [0.25, 0.3) is 11.1 Å². The first-order valence-corrected chi connectivity index (χ1v) is 12.1. The Balaban J connectivity index is 1.55. The van der Waals surface area contributed by atoms with Crippen molar-refractivity contribution in [2.75, 3.05) is 20.3 Å². The van der Waals surface area contributed by atoms with Crippen molar-refractivity contribution in [1.82, 2.24) is 10.6 Å². The number of amides is 2. The second-order valence-corrected chi connectivity index (χ2v) is 8.75. The highest BCUT2D eigenvalue weighted by Gasteiger charge is 2.29. The lowest BCUT2D eigenvalue weighted by molar-refractivity contribution is -0.142. The van der Waals surface area contributed by atoms with Crippen molar-refractivity contribution >= 4 is 18.0 Å². The number of hydrogen-bond donors (Lipinski definition) is 3. The minimum absolute atomic E-state index is 0.0217. The average molecular weight is 483 g/mol. The molecule has 8 heteroatoms. The quantitative estimate of drug-likeness (QED) is 0.371. The fourth-order valence-corrected chi connectivity index (χ4v) is 4.55. The zero-order valence-corrected chi connectivity index (χ0v) is 20.3. The van der Waals surface area contributed by atoms with Crippen molar-refractivity contribution in [3.63, 3.8) is 0 Å². The Morgan fingerprint density at radius 3 is 2.17 bits per heavy atom. The number of carbonyl (C=O) groups is 3. The molecule has 0 aliphatic heterocycles. The summed E-state index contributed by atoms with van der Waals surface area (Å²) in [6.07, 6.45) is 1.49. The van der Waals surface area contributed by atoms with Crippen molar-refractivity contribution in [2.24, 2.45) is 0 Å². The number of benzene rings is 2. The number of alkyl carbamates (subject to hydrolysis) is 1. The second-order valence-electron chi connectivity index (χ2n) is 8.75. The van der Waals surface area contributed by atoms with E-state index in [4.69, 9.17) is 9.47 Å². The van der Waals surface area contributed by atoms with Crippen LogP contribution < -0.4 is 10.6 Å². The average Bonchev–Trinajstić information content (AvgIpc) is 3.16. The topological polar surface area (TPSA) is 114 Å². The lowest BCUT2D eigenvalue weighted by Gasteiger charge is -2.21. The van der Waals surface area contributed by atoms with Gasteiger partial charge in [-0.1, -0.05) is 61.9 Å². The number of hydrogen-bond acceptors (Lipinski definition) is 5. The van der Waals surface area contributed by atoms with Crippen LogP contribution in [0.3, 0.4) is 0 Å². The van der Waals surface area contributed by atoms with Gasteiger partial charge >= 0.3 is 12.1 Å². The summed E-state index contributed by atoms with van der Waals surface area (Å²) in [6.45, 7) is 2.56. The highest BCUT2D eigenvalue weighted by Crippen LogP contribution is 2.44. The molecule has 8 nitrogen and oxygen atoms in total. The van der Waals surface area contributed by atoms with Gasteiger partial charge in [0.05, 0.1) is 0 Å². The van der Waals surface area contributed by atoms with E-state index in [-0.39, 0.29) is 25.4 Å². The maximum Gasteiger partial charge on any atom is 0.407 e. The number of aliphatic carboxylic acids is 1. The molecular weight excluding hydrogens is 448 g/mol. The fraction of sp³-hybridized carbons (Fsp3) is 0.444. The molecule has 0 saturated heterocycles. The van der Waals surface area contributed by atoms with Crippen LogP contribution in [0.2, 0.25) is 0 Å². The first-order chi connectivity index (χ1) is 16.9. The summed E-state index contributed by atoms with van der Waals surface area (Å²) in [4.78, 5) is 36.6. The number of nitrogens with one attached hydrogen (secondary N) is 2. The van der Waals surface area contributed by atoms with Crippen LogP contribution in [0, 0.1) is 0 Å². The summed E-state index contributed by atoms with van der Waals surface area (Å²) in [5.74, 6) is -1.57. The Morgan fingerprint density at radius 1 is 0.971 bits per heavy atom. The van der Waals surface area contributed by atoms with E-state index in [1.54, 1.807) is 7.11 Å². The van der Waals surface area contributed by atoms with Crippen LogP contribution in [-0.4, -0.2) is 55.5 Å². The van der Waals surface area contributed by atoms with E-state index >= 15 is 0 Å². The summed E-state index contributed by atoms with van der Waals surface area (Å²) in [6, 6.07) is 14.8. The Kier molecular flexibility index (Phi) is 9.66. The van der Waals surface area contributed by atoms with Crippen molar-refractivity contribution < 1.29 is 29.0 Å². The molecule has 0 spiro atoms. The predicted octanol–water partition coefficient (Wildman–Crippen LogP) is 4.08. The van der Waals surface area contributed by atoms with Gasteiger partial charge < -0.3 is 25.2 Å². The maximum atomic E-state index is 12.6. The third-order valence-electron chi connectivity index (χ3n) is 6.21. The van der Waals surface area contributed by atoms with Gasteiger partial charge in [0.1, 0.15) is 12.6 Å². The van der Waals surface area contributed by atoms with Crippen LogP contribution in [0.5, 0.6) is 0 Å². The minimum atomic E-state index is -1.09. The van der Waals surface area contributed by atoms with Crippen LogP contribution in [-0.2, 0) is 19.1 Å². The molecule has 2 aromatic rings. The van der Waals surface area contributed by atoms with Gasteiger partial charge in [-0.3, -0.25) is 4.79 Å². The molecule has 2 amide bonds. The van der Waals surface area contributed by atoms with Crippen LogP contribution in [0.1, 0.15) is 56.1 Å². The van der Waals surface area contributed by atoms with Gasteiger partial charge in [0.15, 0.2) is 0 Å². The highest BCUT2D eigenvalue weighted by molar-refractivity contribution is 5.84. The monoisotopic (exact) mass is 482 g/mol. The number of fused-ring (bicyclic) bond motifs is 3. The summed E-state index contributed by atoms with van der Waals surface area (Å²) < 4.78 is 10.5. The van der Waals surface area contributed by atoms with Gasteiger partial charge in [-0.05, 0) is 41.5 Å². The van der Waals surface area contributed by atoms with E-state index in [1.807, 2.05) is 31.2 Å². The number of methoxy groups -OCH3 is 1. The lowest BCUT2D eigenvalue weighted by atomic mass is 9.98. The standard InChI is InChI=1S/C27H34N2O6/c1-3-9-18(16-25(30)29-24(26(31)32)14-8-15-34-2)28-27(33)35-17-23-21-12-6-4-10-19(21)20-11-5-7-13-22(20)23/h4-7,10-13,18,23-24H,3,8-9,14-17H2,1-2H3,(H,28,33)(H,29,30)(H,31,32). The van der Waals surface area contributed by atoms with Gasteiger partial charge in [0, 0.05) is 32.1 Å². The molecule has 2 unspecified atom stereocenters. The smallest absolute Gasteiger partial charge is 0.407 e. The van der Waals surface area contributed by atoms with Crippen molar-refractivity contribution in [2.45, 2.75) is 57.0 Å². The first kappa shape index (κ1) is 26.2. The highest BCUT2D eigenvalue weighted by atomic mass is 16.5. The number of carboxylic acid groups (broad SMARTS) is 1. The Bertz CT molecular complexity index is 979. The van der Waals surface area contributed by atoms with E-state index in [0.717, 1.165) is 28.7 Å². The van der Waals surface area contributed by atoms with Crippen molar-refractivity contribution in [3.8, 4) is 11.1 Å². The second kappa shape index (κ2) is 12.9. The molecule has 3 N–H and O–H groups in total. The van der Waals surface area contributed by atoms with Gasteiger partial charge in [-0.2, -0.15) is 0 Å². The molecule has 2 atom stereocenters. The SMILES string of the molecule is CCCC(CC(=O)NC(CCCOC)C(=O)O)NC(=O)OCC1c2ccccc2-c2ccccc21. The Morgan fingerprint density at radius 2 is 1.60 bits per heavy atom. The summed E-state index contributed by atoms with van der Waals surface area (Å²) in [5.41, 5.74) is 4.55. The third-order valence-corrected chi connectivity index (χ3v) is 6.21. The van der Waals surface area contributed by atoms with E-state index in [9.17, 15) is 19.5 Å². The number of rotatable bonds is 13. The summed E-state index contributed by atoms with van der Waals surface area (Å²) >= 11 is 0. The zero-order chi connectivity index (χ0) is 25.2. The van der Waals surface area contributed by atoms with Crippen LogP contribution >= 0.6 is 0 Å². The normalized spacial score (nSPS) is 13.9.